The molecule has 0 saturated heterocycles. The molecule has 1 amide bonds. The Bertz CT molecular complexity index is 646. The molecule has 0 radical (unpaired) electrons. The van der Waals surface area contributed by atoms with Gasteiger partial charge in [-0.1, -0.05) is 45.7 Å². The summed E-state index contributed by atoms with van der Waals surface area (Å²) in [6.45, 7) is 2.82. The molecule has 110 valence electrons. The summed E-state index contributed by atoms with van der Waals surface area (Å²) in [4.78, 5) is 11.9. The molecule has 0 atom stereocenters. The maximum absolute atomic E-state index is 11.9. The van der Waals surface area contributed by atoms with Crippen LogP contribution in [0.5, 0.6) is 0 Å². The minimum atomic E-state index is -0.0876. The van der Waals surface area contributed by atoms with E-state index in [0.29, 0.717) is 11.6 Å². The molecule has 21 heavy (non-hydrogen) atoms. The van der Waals surface area contributed by atoms with Crippen molar-refractivity contribution in [1.29, 1.82) is 0 Å². The molecule has 0 heterocycles. The van der Waals surface area contributed by atoms with Crippen LogP contribution in [0, 0.1) is 6.92 Å². The zero-order valence-corrected chi connectivity index (χ0v) is 14.0. The van der Waals surface area contributed by atoms with Crippen molar-refractivity contribution in [3.8, 4) is 0 Å². The van der Waals surface area contributed by atoms with Crippen molar-refractivity contribution in [2.75, 3.05) is 11.9 Å². The van der Waals surface area contributed by atoms with Crippen LogP contribution in [0.2, 0.25) is 5.02 Å². The molecule has 0 fully saturated rings. The Morgan fingerprint density at radius 1 is 1.24 bits per heavy atom. The fraction of sp³-hybridized carbons (Fsp3) is 0.188. The summed E-state index contributed by atoms with van der Waals surface area (Å²) in [6.07, 6.45) is 0. The van der Waals surface area contributed by atoms with Gasteiger partial charge in [0.25, 0.3) is 0 Å². The molecule has 2 N–H and O–H groups in total. The number of amides is 1. The van der Waals surface area contributed by atoms with Gasteiger partial charge in [-0.3, -0.25) is 4.79 Å². The van der Waals surface area contributed by atoms with Gasteiger partial charge in [0.05, 0.1) is 6.54 Å². The Hall–Kier alpha value is -1.36. The highest BCUT2D eigenvalue weighted by molar-refractivity contribution is 9.10. The van der Waals surface area contributed by atoms with E-state index in [0.717, 1.165) is 21.3 Å². The van der Waals surface area contributed by atoms with Gasteiger partial charge in [-0.25, -0.2) is 0 Å². The summed E-state index contributed by atoms with van der Waals surface area (Å²) in [6, 6.07) is 13.4. The molecular weight excluding hydrogens is 352 g/mol. The van der Waals surface area contributed by atoms with Gasteiger partial charge in [0, 0.05) is 21.7 Å². The molecule has 0 aliphatic heterocycles. The van der Waals surface area contributed by atoms with Crippen LogP contribution in [0.15, 0.2) is 46.9 Å². The number of halogens is 2. The largest absolute Gasteiger partial charge is 0.325 e. The zero-order valence-electron chi connectivity index (χ0n) is 11.6. The molecule has 0 unspecified atom stereocenters. The fourth-order valence-electron chi connectivity index (χ4n) is 1.89. The Kier molecular flexibility index (Phi) is 5.79. The summed E-state index contributed by atoms with van der Waals surface area (Å²) in [7, 11) is 0. The van der Waals surface area contributed by atoms with Crippen LogP contribution < -0.4 is 10.6 Å². The number of nitrogens with one attached hydrogen (secondary N) is 2. The summed E-state index contributed by atoms with van der Waals surface area (Å²) < 4.78 is 1.03. The van der Waals surface area contributed by atoms with E-state index in [4.69, 9.17) is 11.6 Å². The minimum Gasteiger partial charge on any atom is -0.325 e. The number of aryl methyl sites for hydroxylation is 1. The van der Waals surface area contributed by atoms with E-state index in [-0.39, 0.29) is 12.5 Å². The number of hydrogen-bond donors (Lipinski definition) is 2. The molecule has 2 aromatic rings. The van der Waals surface area contributed by atoms with E-state index in [1.807, 2.05) is 37.3 Å². The van der Waals surface area contributed by atoms with Gasteiger partial charge in [0.1, 0.15) is 0 Å². The number of carbonyl (C=O) groups excluding carboxylic acids is 1. The quantitative estimate of drug-likeness (QED) is 0.834. The second kappa shape index (κ2) is 7.59. The minimum absolute atomic E-state index is 0.0876. The first-order valence-corrected chi connectivity index (χ1v) is 7.73. The molecular formula is C16H16BrClN2O. The maximum atomic E-state index is 11.9. The molecule has 2 rings (SSSR count). The van der Waals surface area contributed by atoms with Crippen molar-refractivity contribution >= 4 is 39.1 Å². The fourth-order valence-corrected chi connectivity index (χ4v) is 2.51. The van der Waals surface area contributed by atoms with E-state index in [1.54, 1.807) is 12.1 Å². The van der Waals surface area contributed by atoms with Crippen molar-refractivity contribution in [3.05, 3.63) is 63.1 Å². The first-order chi connectivity index (χ1) is 10.0. The topological polar surface area (TPSA) is 41.1 Å². The Morgan fingerprint density at radius 3 is 2.81 bits per heavy atom. The molecule has 0 bridgehead atoms. The molecule has 2 aromatic carbocycles. The maximum Gasteiger partial charge on any atom is 0.238 e. The van der Waals surface area contributed by atoms with Crippen molar-refractivity contribution in [2.45, 2.75) is 13.5 Å². The first kappa shape index (κ1) is 16.0. The number of hydrogen-bond acceptors (Lipinski definition) is 2. The molecule has 0 spiro atoms. The third kappa shape index (κ3) is 5.16. The molecule has 5 heteroatoms. The summed E-state index contributed by atoms with van der Waals surface area (Å²) in [5, 5.41) is 6.58. The van der Waals surface area contributed by atoms with Crippen LogP contribution in [0.3, 0.4) is 0 Å². The van der Waals surface area contributed by atoms with Gasteiger partial charge >= 0.3 is 0 Å². The number of benzene rings is 2. The lowest BCUT2D eigenvalue weighted by Gasteiger charge is -2.10. The van der Waals surface area contributed by atoms with Crippen molar-refractivity contribution < 1.29 is 4.79 Å². The van der Waals surface area contributed by atoms with E-state index < -0.39 is 0 Å². The van der Waals surface area contributed by atoms with Crippen molar-refractivity contribution in [3.63, 3.8) is 0 Å². The van der Waals surface area contributed by atoms with Gasteiger partial charge in [-0.15, -0.1) is 0 Å². The third-order valence-electron chi connectivity index (χ3n) is 2.98. The second-order valence-corrected chi connectivity index (χ2v) is 6.09. The highest BCUT2D eigenvalue weighted by Gasteiger charge is 2.05. The highest BCUT2D eigenvalue weighted by Crippen LogP contribution is 2.19. The normalized spacial score (nSPS) is 10.4. The van der Waals surface area contributed by atoms with Crippen LogP contribution in [-0.4, -0.2) is 12.5 Å². The van der Waals surface area contributed by atoms with Gasteiger partial charge in [0.15, 0.2) is 0 Å². The van der Waals surface area contributed by atoms with Gasteiger partial charge in [-0.2, -0.15) is 0 Å². The van der Waals surface area contributed by atoms with E-state index in [9.17, 15) is 4.79 Å². The van der Waals surface area contributed by atoms with E-state index >= 15 is 0 Å². The summed E-state index contributed by atoms with van der Waals surface area (Å²) in [5.74, 6) is -0.0876. The summed E-state index contributed by atoms with van der Waals surface area (Å²) in [5.41, 5.74) is 2.85. The smallest absolute Gasteiger partial charge is 0.238 e. The SMILES string of the molecule is Cc1ccc(Cl)cc1NC(=O)CNCc1cccc(Br)c1. The van der Waals surface area contributed by atoms with Crippen molar-refractivity contribution in [2.24, 2.45) is 0 Å². The van der Waals surface area contributed by atoms with Gasteiger partial charge < -0.3 is 10.6 Å². The Balaban J connectivity index is 1.84. The monoisotopic (exact) mass is 366 g/mol. The number of rotatable bonds is 5. The first-order valence-electron chi connectivity index (χ1n) is 6.56. The predicted molar refractivity (Wildman–Crippen MR) is 90.7 cm³/mol. The highest BCUT2D eigenvalue weighted by atomic mass is 79.9. The second-order valence-electron chi connectivity index (χ2n) is 4.74. The average molecular weight is 368 g/mol. The van der Waals surface area contributed by atoms with Crippen LogP contribution in [0.25, 0.3) is 0 Å². The molecule has 0 saturated carbocycles. The van der Waals surface area contributed by atoms with Crippen LogP contribution in [0.4, 0.5) is 5.69 Å². The molecule has 0 aliphatic carbocycles. The lowest BCUT2D eigenvalue weighted by Crippen LogP contribution is -2.28. The van der Waals surface area contributed by atoms with E-state index in [1.165, 1.54) is 0 Å². The third-order valence-corrected chi connectivity index (χ3v) is 3.71. The predicted octanol–water partition coefficient (Wildman–Crippen LogP) is 4.14. The van der Waals surface area contributed by atoms with E-state index in [2.05, 4.69) is 26.6 Å². The summed E-state index contributed by atoms with van der Waals surface area (Å²) >= 11 is 9.35. The zero-order chi connectivity index (χ0) is 15.2. The lowest BCUT2D eigenvalue weighted by molar-refractivity contribution is -0.115. The number of carbonyl (C=O) groups is 1. The van der Waals surface area contributed by atoms with Crippen LogP contribution in [0.1, 0.15) is 11.1 Å². The molecule has 0 aliphatic rings. The Morgan fingerprint density at radius 2 is 2.05 bits per heavy atom. The van der Waals surface area contributed by atoms with Gasteiger partial charge in [0.2, 0.25) is 5.91 Å². The van der Waals surface area contributed by atoms with Crippen molar-refractivity contribution in [1.82, 2.24) is 5.32 Å². The average Bonchev–Trinajstić information content (AvgIpc) is 2.43. The number of anilines is 1. The molecule has 3 nitrogen and oxygen atoms in total. The van der Waals surface area contributed by atoms with Crippen LogP contribution >= 0.6 is 27.5 Å². The standard InChI is InChI=1S/C16H16BrClN2O/c1-11-5-6-14(18)8-15(11)20-16(21)10-19-9-12-3-2-4-13(17)7-12/h2-8,19H,9-10H2,1H3,(H,20,21). The Labute approximate surface area is 137 Å². The van der Waals surface area contributed by atoms with Gasteiger partial charge in [-0.05, 0) is 42.3 Å². The molecule has 0 aromatic heterocycles. The lowest BCUT2D eigenvalue weighted by atomic mass is 10.2. The van der Waals surface area contributed by atoms with Crippen LogP contribution in [-0.2, 0) is 11.3 Å².